The van der Waals surface area contributed by atoms with Crippen LogP contribution < -0.4 is 5.63 Å². The van der Waals surface area contributed by atoms with Gasteiger partial charge in [0.1, 0.15) is 0 Å². The van der Waals surface area contributed by atoms with Crippen LogP contribution >= 0.6 is 11.8 Å². The number of carbonyl (C=O) groups excluding carboxylic acids is 1. The lowest BCUT2D eigenvalue weighted by atomic mass is 10.2. The standard InChI is InChI=1S/C14H13NO4S/c1-3-18-13(17)11-9(2)12(16)19-14(15-11)20-10-7-5-4-6-8-10/h4-8H,3H2,1-2H3. The summed E-state index contributed by atoms with van der Waals surface area (Å²) in [6, 6.07) is 9.32. The Morgan fingerprint density at radius 1 is 1.35 bits per heavy atom. The van der Waals surface area contributed by atoms with Gasteiger partial charge < -0.3 is 9.15 Å². The van der Waals surface area contributed by atoms with E-state index >= 15 is 0 Å². The SMILES string of the molecule is CCOC(=O)c1nc(Sc2ccccc2)oc(=O)c1C. The van der Waals surface area contributed by atoms with Gasteiger partial charge in [-0.05, 0) is 37.7 Å². The summed E-state index contributed by atoms with van der Waals surface area (Å²) in [5.74, 6) is -0.618. The maximum atomic E-state index is 11.7. The fourth-order valence-corrected chi connectivity index (χ4v) is 2.23. The lowest BCUT2D eigenvalue weighted by molar-refractivity contribution is 0.0514. The lowest BCUT2D eigenvalue weighted by Crippen LogP contribution is -2.17. The minimum Gasteiger partial charge on any atom is -0.461 e. The summed E-state index contributed by atoms with van der Waals surface area (Å²) in [5, 5.41) is 0.120. The van der Waals surface area contributed by atoms with Crippen molar-refractivity contribution >= 4 is 17.7 Å². The van der Waals surface area contributed by atoms with Gasteiger partial charge >= 0.3 is 11.6 Å². The van der Waals surface area contributed by atoms with Gasteiger partial charge in [0.2, 0.25) is 0 Å². The first-order valence-corrected chi connectivity index (χ1v) is 6.85. The monoisotopic (exact) mass is 291 g/mol. The van der Waals surface area contributed by atoms with Crippen LogP contribution in [0.15, 0.2) is 49.7 Å². The van der Waals surface area contributed by atoms with Gasteiger partial charge in [-0.1, -0.05) is 18.2 Å². The zero-order chi connectivity index (χ0) is 14.5. The molecule has 0 fully saturated rings. The smallest absolute Gasteiger partial charge is 0.357 e. The normalized spacial score (nSPS) is 10.3. The molecule has 1 aromatic heterocycles. The maximum Gasteiger partial charge on any atom is 0.357 e. The van der Waals surface area contributed by atoms with Gasteiger partial charge in [0.15, 0.2) is 5.69 Å². The van der Waals surface area contributed by atoms with E-state index in [4.69, 9.17) is 9.15 Å². The van der Waals surface area contributed by atoms with E-state index in [2.05, 4.69) is 4.98 Å². The van der Waals surface area contributed by atoms with Crippen LogP contribution in [0.1, 0.15) is 23.0 Å². The third-order valence-electron chi connectivity index (χ3n) is 2.46. The molecule has 0 aliphatic carbocycles. The first-order chi connectivity index (χ1) is 9.61. The zero-order valence-corrected chi connectivity index (χ0v) is 11.9. The highest BCUT2D eigenvalue weighted by atomic mass is 32.2. The molecule has 0 amide bonds. The fourth-order valence-electron chi connectivity index (χ4n) is 1.48. The average molecular weight is 291 g/mol. The average Bonchev–Trinajstić information content (AvgIpc) is 2.44. The van der Waals surface area contributed by atoms with Gasteiger partial charge in [0.05, 0.1) is 12.2 Å². The number of hydrogen-bond donors (Lipinski definition) is 0. The summed E-state index contributed by atoms with van der Waals surface area (Å²) in [4.78, 5) is 28.4. The predicted octanol–water partition coefficient (Wildman–Crippen LogP) is 2.67. The van der Waals surface area contributed by atoms with Gasteiger partial charge in [0.25, 0.3) is 5.22 Å². The molecule has 0 radical (unpaired) electrons. The van der Waals surface area contributed by atoms with Crippen molar-refractivity contribution in [2.75, 3.05) is 6.61 Å². The van der Waals surface area contributed by atoms with Gasteiger partial charge in [-0.15, -0.1) is 0 Å². The number of rotatable bonds is 4. The molecule has 0 saturated heterocycles. The molecule has 0 aliphatic rings. The molecule has 1 heterocycles. The third-order valence-corrected chi connectivity index (χ3v) is 3.32. The van der Waals surface area contributed by atoms with E-state index in [9.17, 15) is 9.59 Å². The second-order valence-electron chi connectivity index (χ2n) is 3.88. The molecular formula is C14H13NO4S. The van der Waals surface area contributed by atoms with E-state index in [1.807, 2.05) is 30.3 Å². The minimum atomic E-state index is -0.618. The molecule has 5 nitrogen and oxygen atoms in total. The van der Waals surface area contributed by atoms with E-state index < -0.39 is 11.6 Å². The predicted molar refractivity (Wildman–Crippen MR) is 74.0 cm³/mol. The van der Waals surface area contributed by atoms with Crippen LogP contribution in [0.5, 0.6) is 0 Å². The Bertz CT molecular complexity index is 667. The molecule has 2 rings (SSSR count). The molecule has 0 bridgehead atoms. The Kier molecular flexibility index (Phi) is 4.57. The minimum absolute atomic E-state index is 0.00142. The number of esters is 1. The summed E-state index contributed by atoms with van der Waals surface area (Å²) < 4.78 is 9.95. The number of carbonyl (C=O) groups is 1. The van der Waals surface area contributed by atoms with E-state index in [0.717, 1.165) is 4.90 Å². The molecule has 104 valence electrons. The molecule has 0 N–H and O–H groups in total. The molecule has 20 heavy (non-hydrogen) atoms. The van der Waals surface area contributed by atoms with Gasteiger partial charge in [-0.25, -0.2) is 9.59 Å². The van der Waals surface area contributed by atoms with E-state index in [-0.39, 0.29) is 23.1 Å². The van der Waals surface area contributed by atoms with Crippen LogP contribution in [0.4, 0.5) is 0 Å². The Morgan fingerprint density at radius 3 is 2.70 bits per heavy atom. The molecule has 6 heteroatoms. The summed E-state index contributed by atoms with van der Waals surface area (Å²) in [6.45, 7) is 3.40. The number of aromatic nitrogens is 1. The Labute approximate surface area is 120 Å². The van der Waals surface area contributed by atoms with E-state index in [1.54, 1.807) is 6.92 Å². The van der Waals surface area contributed by atoms with Gasteiger partial charge in [-0.3, -0.25) is 0 Å². The molecule has 1 aromatic carbocycles. The van der Waals surface area contributed by atoms with Gasteiger partial charge in [0, 0.05) is 4.90 Å². The highest BCUT2D eigenvalue weighted by molar-refractivity contribution is 7.99. The van der Waals surface area contributed by atoms with Crippen LogP contribution in [-0.2, 0) is 4.74 Å². The number of ether oxygens (including phenoxy) is 1. The van der Waals surface area contributed by atoms with E-state index in [0.29, 0.717) is 0 Å². The van der Waals surface area contributed by atoms with Crippen molar-refractivity contribution in [3.05, 3.63) is 52.0 Å². The molecule has 0 spiro atoms. The van der Waals surface area contributed by atoms with Crippen molar-refractivity contribution < 1.29 is 13.9 Å². The van der Waals surface area contributed by atoms with Crippen molar-refractivity contribution in [3.63, 3.8) is 0 Å². The third kappa shape index (κ3) is 3.27. The Balaban J connectivity index is 2.36. The number of benzene rings is 1. The second-order valence-corrected chi connectivity index (χ2v) is 4.90. The van der Waals surface area contributed by atoms with Gasteiger partial charge in [-0.2, -0.15) is 4.98 Å². The molecule has 2 aromatic rings. The first-order valence-electron chi connectivity index (χ1n) is 6.03. The Hall–Kier alpha value is -2.08. The largest absolute Gasteiger partial charge is 0.461 e. The van der Waals surface area contributed by atoms with Crippen LogP contribution in [0.2, 0.25) is 0 Å². The van der Waals surface area contributed by atoms with Crippen molar-refractivity contribution in [3.8, 4) is 0 Å². The fraction of sp³-hybridized carbons (Fsp3) is 0.214. The Morgan fingerprint density at radius 2 is 2.05 bits per heavy atom. The van der Waals surface area contributed by atoms with Crippen molar-refractivity contribution in [2.24, 2.45) is 0 Å². The van der Waals surface area contributed by atoms with E-state index in [1.165, 1.54) is 18.7 Å². The highest BCUT2D eigenvalue weighted by Crippen LogP contribution is 2.25. The number of hydrogen-bond acceptors (Lipinski definition) is 6. The molecule has 0 aliphatic heterocycles. The topological polar surface area (TPSA) is 69.4 Å². The van der Waals surface area contributed by atoms with Crippen molar-refractivity contribution in [1.82, 2.24) is 4.98 Å². The molecule has 0 saturated carbocycles. The maximum absolute atomic E-state index is 11.7. The highest BCUT2D eigenvalue weighted by Gasteiger charge is 2.18. The van der Waals surface area contributed by atoms with Crippen molar-refractivity contribution in [2.45, 2.75) is 24.0 Å². The quantitative estimate of drug-likeness (QED) is 0.807. The summed E-state index contributed by atoms with van der Waals surface area (Å²) in [6.07, 6.45) is 0. The number of nitrogens with zero attached hydrogens (tertiary/aromatic N) is 1. The summed E-state index contributed by atoms with van der Waals surface area (Å²) in [7, 11) is 0. The zero-order valence-electron chi connectivity index (χ0n) is 11.1. The van der Waals surface area contributed by atoms with Crippen molar-refractivity contribution in [1.29, 1.82) is 0 Å². The molecule has 0 atom stereocenters. The summed E-state index contributed by atoms with van der Waals surface area (Å²) >= 11 is 1.17. The van der Waals surface area contributed by atoms with Crippen LogP contribution in [-0.4, -0.2) is 17.6 Å². The molecule has 0 unspecified atom stereocenters. The van der Waals surface area contributed by atoms with Crippen LogP contribution in [0.25, 0.3) is 0 Å². The van der Waals surface area contributed by atoms with Crippen LogP contribution in [0, 0.1) is 6.92 Å². The second kappa shape index (κ2) is 6.38. The summed E-state index contributed by atoms with van der Waals surface area (Å²) in [5.41, 5.74) is -0.427. The van der Waals surface area contributed by atoms with Crippen LogP contribution in [0.3, 0.4) is 0 Å². The molecular weight excluding hydrogens is 278 g/mol. The first kappa shape index (κ1) is 14.3. The lowest BCUT2D eigenvalue weighted by Gasteiger charge is -2.05.